The van der Waals surface area contributed by atoms with Crippen LogP contribution in [0.15, 0.2) is 0 Å². The Morgan fingerprint density at radius 3 is 1.48 bits per heavy atom. The Kier molecular flexibility index (Phi) is 15.1. The number of ether oxygens (including phenoxy) is 1. The number of carboxylic acid groups (broad SMARTS) is 1. The molecule has 0 atom stereocenters. The van der Waals surface area contributed by atoms with Crippen molar-refractivity contribution in [3.05, 3.63) is 0 Å². The molecule has 0 rings (SSSR count). The normalized spacial score (nSPS) is 12.2. The topological polar surface area (TPSA) is 63.6 Å². The molecule has 0 aromatic rings. The lowest BCUT2D eigenvalue weighted by Crippen LogP contribution is -2.28. The van der Waals surface area contributed by atoms with Crippen molar-refractivity contribution >= 4 is 58.3 Å². The number of esters is 1. The predicted molar refractivity (Wildman–Crippen MR) is 113 cm³/mol. The first kappa shape index (κ1) is 27.1. The summed E-state index contributed by atoms with van der Waals surface area (Å²) < 4.78 is 1.90. The minimum absolute atomic E-state index is 0.278. The van der Waals surface area contributed by atoms with E-state index in [2.05, 4.69) is 0 Å². The van der Waals surface area contributed by atoms with E-state index < -0.39 is 20.6 Å². The molecule has 0 heterocycles. The predicted octanol–water partition coefficient (Wildman–Crippen LogP) is 7.05. The SMILES string of the molecule is CCCOC(=O)C(Cl)(Cl)CCCCCCCCCCCCC(Cl)(Cl)C(=O)O. The van der Waals surface area contributed by atoms with Crippen LogP contribution in [-0.2, 0) is 14.3 Å². The van der Waals surface area contributed by atoms with Crippen molar-refractivity contribution in [3.63, 3.8) is 0 Å². The number of carboxylic acids is 1. The van der Waals surface area contributed by atoms with Gasteiger partial charge in [-0.3, -0.25) is 0 Å². The molecule has 8 heteroatoms. The quantitative estimate of drug-likeness (QED) is 0.142. The molecule has 0 bridgehead atoms. The first-order chi connectivity index (χ1) is 12.6. The van der Waals surface area contributed by atoms with Crippen molar-refractivity contribution in [3.8, 4) is 0 Å². The van der Waals surface area contributed by atoms with Crippen molar-refractivity contribution in [2.45, 2.75) is 99.1 Å². The molecule has 0 radical (unpaired) electrons. The molecule has 27 heavy (non-hydrogen) atoms. The van der Waals surface area contributed by atoms with Gasteiger partial charge in [0.1, 0.15) is 0 Å². The fourth-order valence-electron chi connectivity index (χ4n) is 2.62. The van der Waals surface area contributed by atoms with Gasteiger partial charge in [0.05, 0.1) is 6.61 Å². The minimum atomic E-state index is -1.66. The fourth-order valence-corrected chi connectivity index (χ4v) is 3.26. The third kappa shape index (κ3) is 13.8. The molecule has 4 nitrogen and oxygen atoms in total. The van der Waals surface area contributed by atoms with E-state index in [1.54, 1.807) is 0 Å². The van der Waals surface area contributed by atoms with Crippen LogP contribution in [0.5, 0.6) is 0 Å². The second-order valence-corrected chi connectivity index (χ2v) is 9.85. The highest BCUT2D eigenvalue weighted by atomic mass is 35.5. The molecule has 0 aromatic carbocycles. The van der Waals surface area contributed by atoms with Gasteiger partial charge in [-0.05, 0) is 32.1 Å². The zero-order valence-electron chi connectivity index (χ0n) is 16.1. The van der Waals surface area contributed by atoms with Crippen molar-refractivity contribution in [2.75, 3.05) is 6.61 Å². The van der Waals surface area contributed by atoms with E-state index >= 15 is 0 Å². The van der Waals surface area contributed by atoms with Crippen LogP contribution < -0.4 is 0 Å². The van der Waals surface area contributed by atoms with Crippen LogP contribution in [0.1, 0.15) is 90.4 Å². The first-order valence-corrected chi connectivity index (χ1v) is 11.3. The summed E-state index contributed by atoms with van der Waals surface area (Å²) >= 11 is 23.4. The average molecular weight is 466 g/mol. The van der Waals surface area contributed by atoms with Crippen LogP contribution in [0.25, 0.3) is 0 Å². The summed E-state index contributed by atoms with van der Waals surface area (Å²) in [5.74, 6) is -1.72. The van der Waals surface area contributed by atoms with Crippen molar-refractivity contribution in [2.24, 2.45) is 0 Å². The minimum Gasteiger partial charge on any atom is -0.479 e. The molecule has 0 aliphatic rings. The van der Waals surface area contributed by atoms with E-state index in [-0.39, 0.29) is 6.42 Å². The van der Waals surface area contributed by atoms with Gasteiger partial charge in [-0.25, -0.2) is 9.59 Å². The maximum absolute atomic E-state index is 11.7. The van der Waals surface area contributed by atoms with Gasteiger partial charge >= 0.3 is 11.9 Å². The number of rotatable bonds is 17. The number of carbonyl (C=O) groups is 2. The van der Waals surface area contributed by atoms with Crippen LogP contribution in [0.4, 0.5) is 0 Å². The molecule has 1 N–H and O–H groups in total. The van der Waals surface area contributed by atoms with Gasteiger partial charge < -0.3 is 9.84 Å². The zero-order valence-corrected chi connectivity index (χ0v) is 19.1. The Labute approximate surface area is 183 Å². The summed E-state index contributed by atoms with van der Waals surface area (Å²) in [6.07, 6.45) is 11.6. The second kappa shape index (κ2) is 15.0. The van der Waals surface area contributed by atoms with Gasteiger partial charge in [0.25, 0.3) is 0 Å². The lowest BCUT2D eigenvalue weighted by atomic mass is 10.0. The van der Waals surface area contributed by atoms with Crippen LogP contribution in [0.3, 0.4) is 0 Å². The van der Waals surface area contributed by atoms with Crippen LogP contribution >= 0.6 is 46.4 Å². The van der Waals surface area contributed by atoms with E-state index in [4.69, 9.17) is 56.2 Å². The Hall–Kier alpha value is 0.1000. The smallest absolute Gasteiger partial charge is 0.342 e. The molecular weight excluding hydrogens is 434 g/mol. The Morgan fingerprint density at radius 2 is 1.11 bits per heavy atom. The van der Waals surface area contributed by atoms with Crippen LogP contribution in [-0.4, -0.2) is 32.3 Å². The third-order valence-electron chi connectivity index (χ3n) is 4.28. The molecule has 0 spiro atoms. The summed E-state index contributed by atoms with van der Waals surface area (Å²) in [5.41, 5.74) is 0. The summed E-state index contributed by atoms with van der Waals surface area (Å²) in [5, 5.41) is 8.81. The lowest BCUT2D eigenvalue weighted by molar-refractivity contribution is -0.144. The van der Waals surface area contributed by atoms with Gasteiger partial charge in [-0.2, -0.15) is 0 Å². The van der Waals surface area contributed by atoms with Gasteiger partial charge in [-0.15, -0.1) is 0 Å². The molecule has 0 saturated carbocycles. The number of aliphatic carboxylic acids is 1. The number of carbonyl (C=O) groups excluding carboxylic acids is 1. The van der Waals surface area contributed by atoms with Crippen molar-refractivity contribution in [1.29, 1.82) is 0 Å². The van der Waals surface area contributed by atoms with E-state index in [1.165, 1.54) is 0 Å². The van der Waals surface area contributed by atoms with Crippen LogP contribution in [0, 0.1) is 0 Å². The Morgan fingerprint density at radius 1 is 0.741 bits per heavy atom. The number of unbranched alkanes of at least 4 members (excludes halogenated alkanes) is 9. The number of halogens is 4. The van der Waals surface area contributed by atoms with Crippen molar-refractivity contribution in [1.82, 2.24) is 0 Å². The Balaban J connectivity index is 3.50. The van der Waals surface area contributed by atoms with Gasteiger partial charge in [0.2, 0.25) is 8.67 Å². The standard InChI is InChI=1S/C19H32Cl4O4/c1-2-15-27-17(26)19(22,23)14-12-10-8-6-4-3-5-7-9-11-13-18(20,21)16(24)25/h2-15H2,1H3,(H,24,25). The molecule has 0 amide bonds. The molecule has 0 unspecified atom stereocenters. The summed E-state index contributed by atoms with van der Waals surface area (Å²) in [7, 11) is 0. The zero-order chi connectivity index (χ0) is 20.8. The summed E-state index contributed by atoms with van der Waals surface area (Å²) in [6.45, 7) is 2.26. The molecule has 0 fully saturated rings. The van der Waals surface area contributed by atoms with E-state index in [0.29, 0.717) is 13.0 Å². The fraction of sp³-hybridized carbons (Fsp3) is 0.895. The highest BCUT2D eigenvalue weighted by Crippen LogP contribution is 2.30. The first-order valence-electron chi connectivity index (χ1n) is 9.79. The molecule has 0 aromatic heterocycles. The third-order valence-corrected chi connectivity index (χ3v) is 5.67. The Bertz CT molecular complexity index is 428. The number of hydrogen-bond acceptors (Lipinski definition) is 3. The maximum Gasteiger partial charge on any atom is 0.342 e. The van der Waals surface area contributed by atoms with Gasteiger partial charge in [0.15, 0.2) is 0 Å². The number of alkyl halides is 4. The van der Waals surface area contributed by atoms with E-state index in [0.717, 1.165) is 70.6 Å². The monoisotopic (exact) mass is 464 g/mol. The molecule has 160 valence electrons. The largest absolute Gasteiger partial charge is 0.479 e. The maximum atomic E-state index is 11.7. The van der Waals surface area contributed by atoms with E-state index in [9.17, 15) is 9.59 Å². The summed E-state index contributed by atoms with van der Waals surface area (Å²) in [4.78, 5) is 22.5. The summed E-state index contributed by atoms with van der Waals surface area (Å²) in [6, 6.07) is 0. The number of hydrogen-bond donors (Lipinski definition) is 1. The van der Waals surface area contributed by atoms with Crippen molar-refractivity contribution < 1.29 is 19.4 Å². The highest BCUT2D eigenvalue weighted by molar-refractivity contribution is 6.57. The lowest BCUT2D eigenvalue weighted by Gasteiger charge is -2.17. The van der Waals surface area contributed by atoms with Gasteiger partial charge in [0, 0.05) is 0 Å². The average Bonchev–Trinajstić information content (AvgIpc) is 2.60. The molecular formula is C19H32Cl4O4. The molecule has 0 aliphatic heterocycles. The second-order valence-electron chi connectivity index (χ2n) is 6.89. The van der Waals surface area contributed by atoms with E-state index in [1.807, 2.05) is 6.92 Å². The van der Waals surface area contributed by atoms with Gasteiger partial charge in [-0.1, -0.05) is 105 Å². The highest BCUT2D eigenvalue weighted by Gasteiger charge is 2.34. The molecule has 0 aliphatic carbocycles. The van der Waals surface area contributed by atoms with Crippen LogP contribution in [0.2, 0.25) is 0 Å². The molecule has 0 saturated heterocycles.